The van der Waals surface area contributed by atoms with Gasteiger partial charge in [-0.3, -0.25) is 0 Å². The van der Waals surface area contributed by atoms with Crippen molar-refractivity contribution in [3.63, 3.8) is 0 Å². The third kappa shape index (κ3) is 1.91. The molecule has 1 N–H and O–H groups in total. The Morgan fingerprint density at radius 2 is 1.88 bits per heavy atom. The Balaban J connectivity index is 2.55. The van der Waals surface area contributed by atoms with Crippen molar-refractivity contribution >= 4 is 5.97 Å². The Hall–Kier alpha value is -2.23. The fraction of sp³-hybridized carbons (Fsp3) is 0.0833. The van der Waals surface area contributed by atoms with Gasteiger partial charge in [-0.05, 0) is 13.0 Å². The highest BCUT2D eigenvalue weighted by Gasteiger charge is 2.12. The monoisotopic (exact) mass is 214 g/mol. The normalized spacial score (nSPS) is 10.1. The number of carbonyl (C=O) groups is 1. The maximum atomic E-state index is 11.0. The summed E-state index contributed by atoms with van der Waals surface area (Å²) in [5, 5.41) is 16.6. The summed E-state index contributed by atoms with van der Waals surface area (Å²) in [6.07, 6.45) is 1.38. The number of hydrogen-bond acceptors (Lipinski definition) is 3. The second-order valence-electron chi connectivity index (χ2n) is 3.46. The van der Waals surface area contributed by atoms with E-state index >= 15 is 0 Å². The highest BCUT2D eigenvalue weighted by Crippen LogP contribution is 2.20. The second-order valence-corrected chi connectivity index (χ2v) is 3.46. The maximum absolute atomic E-state index is 11.0. The summed E-state index contributed by atoms with van der Waals surface area (Å²) >= 11 is 0. The Labute approximate surface area is 92.6 Å². The molecule has 2 rings (SSSR count). The van der Waals surface area contributed by atoms with Gasteiger partial charge in [-0.25, -0.2) is 4.79 Å². The molecule has 0 atom stereocenters. The van der Waals surface area contributed by atoms with Crippen LogP contribution in [0.1, 0.15) is 15.9 Å². The molecule has 0 saturated carbocycles. The zero-order chi connectivity index (χ0) is 11.5. The number of carboxylic acid groups (broad SMARTS) is 1. The number of rotatable bonds is 2. The van der Waals surface area contributed by atoms with E-state index in [0.29, 0.717) is 5.69 Å². The number of benzene rings is 1. The van der Waals surface area contributed by atoms with Crippen molar-refractivity contribution in [1.82, 2.24) is 10.2 Å². The van der Waals surface area contributed by atoms with Crippen LogP contribution in [-0.2, 0) is 0 Å². The quantitative estimate of drug-likeness (QED) is 0.831. The van der Waals surface area contributed by atoms with Crippen molar-refractivity contribution < 1.29 is 9.90 Å². The predicted octanol–water partition coefficient (Wildman–Crippen LogP) is 2.15. The summed E-state index contributed by atoms with van der Waals surface area (Å²) in [5.41, 5.74) is 2.44. The van der Waals surface area contributed by atoms with Gasteiger partial charge in [0.2, 0.25) is 0 Å². The van der Waals surface area contributed by atoms with Gasteiger partial charge < -0.3 is 5.11 Å². The number of hydrogen-bond donors (Lipinski definition) is 1. The van der Waals surface area contributed by atoms with Gasteiger partial charge in [0.1, 0.15) is 5.69 Å². The van der Waals surface area contributed by atoms with Gasteiger partial charge in [-0.15, -0.1) is 5.10 Å². The minimum Gasteiger partial charge on any atom is -0.478 e. The molecule has 4 nitrogen and oxygen atoms in total. The van der Waals surface area contributed by atoms with Crippen molar-refractivity contribution in [3.05, 3.63) is 47.7 Å². The standard InChI is InChI=1S/C12H10N2O2/c1-8-2-4-9(5-3-8)11-10(12(15)16)6-7-13-14-11/h2-7H,1H3,(H,15,16). The van der Waals surface area contributed by atoms with Gasteiger partial charge in [0, 0.05) is 5.56 Å². The summed E-state index contributed by atoms with van der Waals surface area (Å²) < 4.78 is 0. The van der Waals surface area contributed by atoms with Gasteiger partial charge in [-0.1, -0.05) is 29.8 Å². The van der Waals surface area contributed by atoms with Gasteiger partial charge in [0.25, 0.3) is 0 Å². The highest BCUT2D eigenvalue weighted by atomic mass is 16.4. The molecule has 80 valence electrons. The molecule has 0 bridgehead atoms. The van der Waals surface area contributed by atoms with Crippen molar-refractivity contribution in [2.45, 2.75) is 6.92 Å². The van der Waals surface area contributed by atoms with Gasteiger partial charge in [0.05, 0.1) is 11.8 Å². The van der Waals surface area contributed by atoms with E-state index in [9.17, 15) is 4.79 Å². The highest BCUT2D eigenvalue weighted by molar-refractivity contribution is 5.94. The molecule has 2 aromatic rings. The van der Waals surface area contributed by atoms with E-state index in [-0.39, 0.29) is 5.56 Å². The molecular weight excluding hydrogens is 204 g/mol. The average molecular weight is 214 g/mol. The van der Waals surface area contributed by atoms with E-state index in [1.165, 1.54) is 12.3 Å². The molecule has 0 spiro atoms. The first kappa shape index (κ1) is 10.3. The van der Waals surface area contributed by atoms with Crippen LogP contribution in [0.2, 0.25) is 0 Å². The van der Waals surface area contributed by atoms with Gasteiger partial charge >= 0.3 is 5.97 Å². The third-order valence-corrected chi connectivity index (χ3v) is 2.28. The molecule has 0 radical (unpaired) electrons. The zero-order valence-electron chi connectivity index (χ0n) is 8.71. The van der Waals surface area contributed by atoms with E-state index in [4.69, 9.17) is 5.11 Å². The number of aryl methyl sites for hydroxylation is 1. The minimum atomic E-state index is -0.995. The second kappa shape index (κ2) is 4.10. The Morgan fingerprint density at radius 3 is 2.50 bits per heavy atom. The van der Waals surface area contributed by atoms with E-state index in [0.717, 1.165) is 11.1 Å². The zero-order valence-corrected chi connectivity index (χ0v) is 8.71. The van der Waals surface area contributed by atoms with E-state index < -0.39 is 5.97 Å². The molecule has 0 amide bonds. The lowest BCUT2D eigenvalue weighted by molar-refractivity contribution is 0.0697. The Kier molecular flexibility index (Phi) is 2.64. The van der Waals surface area contributed by atoms with Crippen LogP contribution in [0.4, 0.5) is 0 Å². The van der Waals surface area contributed by atoms with Gasteiger partial charge in [0.15, 0.2) is 0 Å². The third-order valence-electron chi connectivity index (χ3n) is 2.28. The van der Waals surface area contributed by atoms with Crippen LogP contribution in [-0.4, -0.2) is 21.3 Å². The van der Waals surface area contributed by atoms with Gasteiger partial charge in [-0.2, -0.15) is 5.10 Å². The smallest absolute Gasteiger partial charge is 0.338 e. The first-order valence-electron chi connectivity index (χ1n) is 4.80. The predicted molar refractivity (Wildman–Crippen MR) is 59.2 cm³/mol. The molecule has 0 fully saturated rings. The number of aromatic nitrogens is 2. The van der Waals surface area contributed by atoms with Crippen molar-refractivity contribution in [2.75, 3.05) is 0 Å². The average Bonchev–Trinajstić information content (AvgIpc) is 2.30. The van der Waals surface area contributed by atoms with E-state index in [1.54, 1.807) is 0 Å². The Morgan fingerprint density at radius 1 is 1.19 bits per heavy atom. The van der Waals surface area contributed by atoms with Crippen LogP contribution in [0.25, 0.3) is 11.3 Å². The SMILES string of the molecule is Cc1ccc(-c2nnccc2C(=O)O)cc1. The first-order chi connectivity index (χ1) is 7.68. The first-order valence-corrected chi connectivity index (χ1v) is 4.80. The van der Waals surface area contributed by atoms with Crippen LogP contribution in [0.15, 0.2) is 36.5 Å². The summed E-state index contributed by atoms with van der Waals surface area (Å²) in [6, 6.07) is 8.95. The van der Waals surface area contributed by atoms with Crippen molar-refractivity contribution in [3.8, 4) is 11.3 Å². The molecule has 1 aromatic heterocycles. The lowest BCUT2D eigenvalue weighted by Gasteiger charge is -2.03. The van der Waals surface area contributed by atoms with Crippen LogP contribution in [0.3, 0.4) is 0 Å². The summed E-state index contributed by atoms with van der Waals surface area (Å²) in [4.78, 5) is 11.0. The van der Waals surface area contributed by atoms with Crippen molar-refractivity contribution in [2.24, 2.45) is 0 Å². The van der Waals surface area contributed by atoms with E-state index in [1.807, 2.05) is 31.2 Å². The summed E-state index contributed by atoms with van der Waals surface area (Å²) in [7, 11) is 0. The molecule has 0 aliphatic rings. The molecule has 4 heteroatoms. The fourth-order valence-corrected chi connectivity index (χ4v) is 1.43. The van der Waals surface area contributed by atoms with Crippen LogP contribution >= 0.6 is 0 Å². The summed E-state index contributed by atoms with van der Waals surface area (Å²) in [5.74, 6) is -0.995. The largest absolute Gasteiger partial charge is 0.478 e. The molecule has 0 aliphatic heterocycles. The van der Waals surface area contributed by atoms with E-state index in [2.05, 4.69) is 10.2 Å². The lowest BCUT2D eigenvalue weighted by atomic mass is 10.1. The maximum Gasteiger partial charge on any atom is 0.338 e. The van der Waals surface area contributed by atoms with Crippen LogP contribution in [0, 0.1) is 6.92 Å². The Bertz CT molecular complexity index is 521. The molecular formula is C12H10N2O2. The van der Waals surface area contributed by atoms with Crippen molar-refractivity contribution in [1.29, 1.82) is 0 Å². The lowest BCUT2D eigenvalue weighted by Crippen LogP contribution is -2.02. The fourth-order valence-electron chi connectivity index (χ4n) is 1.43. The van der Waals surface area contributed by atoms with Crippen LogP contribution < -0.4 is 0 Å². The molecule has 16 heavy (non-hydrogen) atoms. The molecule has 1 aromatic carbocycles. The number of aromatic carboxylic acids is 1. The molecule has 0 aliphatic carbocycles. The number of carboxylic acids is 1. The molecule has 0 unspecified atom stereocenters. The topological polar surface area (TPSA) is 63.1 Å². The summed E-state index contributed by atoms with van der Waals surface area (Å²) in [6.45, 7) is 1.97. The molecule has 0 saturated heterocycles. The van der Waals surface area contributed by atoms with Crippen LogP contribution in [0.5, 0.6) is 0 Å². The number of nitrogens with zero attached hydrogens (tertiary/aromatic N) is 2. The molecule has 1 heterocycles. The minimum absolute atomic E-state index is 0.166.